The minimum absolute atomic E-state index is 0.0332. The van der Waals surface area contributed by atoms with Gasteiger partial charge in [-0.2, -0.15) is 0 Å². The van der Waals surface area contributed by atoms with Gasteiger partial charge in [-0.25, -0.2) is 0 Å². The number of hydrogen-bond donors (Lipinski definition) is 2. The van der Waals surface area contributed by atoms with E-state index in [1.165, 1.54) is 0 Å². The van der Waals surface area contributed by atoms with Crippen LogP contribution in [0.2, 0.25) is 0 Å². The van der Waals surface area contributed by atoms with Crippen LogP contribution in [0.1, 0.15) is 18.4 Å². The van der Waals surface area contributed by atoms with Gasteiger partial charge in [0.25, 0.3) is 0 Å². The first-order valence-electron chi connectivity index (χ1n) is 6.43. The smallest absolute Gasteiger partial charge is 0.220 e. The summed E-state index contributed by atoms with van der Waals surface area (Å²) in [5.74, 6) is 0.834. The lowest BCUT2D eigenvalue weighted by Gasteiger charge is -2.07. The Kier molecular flexibility index (Phi) is 7.62. The van der Waals surface area contributed by atoms with Crippen LogP contribution in [-0.4, -0.2) is 32.8 Å². The molecule has 1 aromatic carbocycles. The van der Waals surface area contributed by atoms with Gasteiger partial charge in [0, 0.05) is 20.1 Å². The maximum atomic E-state index is 11.4. The molecule has 5 heteroatoms. The molecule has 0 aromatic heterocycles. The fourth-order valence-corrected chi connectivity index (χ4v) is 1.50. The Labute approximate surface area is 114 Å². The second-order valence-electron chi connectivity index (χ2n) is 4.15. The number of rotatable bonds is 9. The number of amides is 1. The zero-order valence-corrected chi connectivity index (χ0v) is 11.4. The van der Waals surface area contributed by atoms with E-state index >= 15 is 0 Å². The molecule has 0 bridgehead atoms. The van der Waals surface area contributed by atoms with Crippen molar-refractivity contribution in [3.63, 3.8) is 0 Å². The predicted molar refractivity (Wildman–Crippen MR) is 73.9 cm³/mol. The number of methoxy groups -OCH3 is 1. The van der Waals surface area contributed by atoms with Gasteiger partial charge >= 0.3 is 0 Å². The Balaban J connectivity index is 2.29. The molecule has 0 heterocycles. The molecule has 1 aromatic rings. The summed E-state index contributed by atoms with van der Waals surface area (Å²) < 4.78 is 10.4. The predicted octanol–water partition coefficient (Wildman–Crippen LogP) is 1.07. The number of nitrogens with two attached hydrogens (primary N) is 1. The summed E-state index contributed by atoms with van der Waals surface area (Å²) in [7, 11) is 1.64. The summed E-state index contributed by atoms with van der Waals surface area (Å²) in [5, 5.41) is 2.85. The minimum atomic E-state index is 0.0332. The average Bonchev–Trinajstić information content (AvgIpc) is 2.44. The van der Waals surface area contributed by atoms with Crippen molar-refractivity contribution in [3.8, 4) is 5.75 Å². The van der Waals surface area contributed by atoms with E-state index < -0.39 is 0 Å². The van der Waals surface area contributed by atoms with E-state index in [0.29, 0.717) is 32.7 Å². The van der Waals surface area contributed by atoms with Crippen molar-refractivity contribution in [1.82, 2.24) is 5.32 Å². The molecule has 19 heavy (non-hydrogen) atoms. The van der Waals surface area contributed by atoms with Crippen molar-refractivity contribution in [1.29, 1.82) is 0 Å². The van der Waals surface area contributed by atoms with Crippen molar-refractivity contribution >= 4 is 5.91 Å². The van der Waals surface area contributed by atoms with E-state index in [1.807, 2.05) is 24.3 Å². The summed E-state index contributed by atoms with van der Waals surface area (Å²) in [4.78, 5) is 11.4. The molecule has 0 aliphatic carbocycles. The van der Waals surface area contributed by atoms with Gasteiger partial charge < -0.3 is 20.5 Å². The van der Waals surface area contributed by atoms with Crippen LogP contribution < -0.4 is 15.8 Å². The van der Waals surface area contributed by atoms with Crippen LogP contribution in [0, 0.1) is 0 Å². The Morgan fingerprint density at radius 2 is 2.00 bits per heavy atom. The van der Waals surface area contributed by atoms with Gasteiger partial charge in [-0.05, 0) is 30.7 Å². The summed E-state index contributed by atoms with van der Waals surface area (Å²) in [6.45, 7) is 2.17. The maximum Gasteiger partial charge on any atom is 0.220 e. The zero-order chi connectivity index (χ0) is 13.9. The van der Waals surface area contributed by atoms with Crippen LogP contribution in [0.4, 0.5) is 0 Å². The van der Waals surface area contributed by atoms with Gasteiger partial charge in [-0.1, -0.05) is 12.1 Å². The SMILES string of the molecule is COCCOc1ccc(CNC(=O)CCCN)cc1. The standard InChI is InChI=1S/C14H22N2O3/c1-18-9-10-19-13-6-4-12(5-7-13)11-16-14(17)3-2-8-15/h4-7H,2-3,8-11,15H2,1H3,(H,16,17). The fraction of sp³-hybridized carbons (Fsp3) is 0.500. The second kappa shape index (κ2) is 9.35. The van der Waals surface area contributed by atoms with Crippen LogP contribution in [-0.2, 0) is 16.1 Å². The van der Waals surface area contributed by atoms with Crippen LogP contribution in [0.5, 0.6) is 5.75 Å². The molecule has 0 saturated heterocycles. The Bertz CT molecular complexity index is 365. The van der Waals surface area contributed by atoms with E-state index in [-0.39, 0.29) is 5.91 Å². The van der Waals surface area contributed by atoms with Crippen molar-refractivity contribution in [2.75, 3.05) is 26.9 Å². The van der Waals surface area contributed by atoms with Crippen LogP contribution in [0.25, 0.3) is 0 Å². The molecule has 0 fully saturated rings. The summed E-state index contributed by atoms with van der Waals surface area (Å²) in [6.07, 6.45) is 1.20. The van der Waals surface area contributed by atoms with Crippen LogP contribution >= 0.6 is 0 Å². The molecule has 0 aliphatic rings. The van der Waals surface area contributed by atoms with Gasteiger partial charge in [0.1, 0.15) is 12.4 Å². The van der Waals surface area contributed by atoms with Gasteiger partial charge in [-0.3, -0.25) is 4.79 Å². The highest BCUT2D eigenvalue weighted by molar-refractivity contribution is 5.75. The molecule has 3 N–H and O–H groups in total. The molecular weight excluding hydrogens is 244 g/mol. The first-order chi connectivity index (χ1) is 9.26. The monoisotopic (exact) mass is 266 g/mol. The molecule has 0 spiro atoms. The van der Waals surface area contributed by atoms with Gasteiger partial charge in [0.15, 0.2) is 0 Å². The van der Waals surface area contributed by atoms with E-state index in [4.69, 9.17) is 15.2 Å². The molecule has 5 nitrogen and oxygen atoms in total. The third kappa shape index (κ3) is 6.79. The number of benzene rings is 1. The van der Waals surface area contributed by atoms with Gasteiger partial charge in [0.2, 0.25) is 5.91 Å². The largest absolute Gasteiger partial charge is 0.491 e. The third-order valence-electron chi connectivity index (χ3n) is 2.58. The van der Waals surface area contributed by atoms with Gasteiger partial charge in [0.05, 0.1) is 6.61 Å². The first-order valence-corrected chi connectivity index (χ1v) is 6.43. The fourth-order valence-electron chi connectivity index (χ4n) is 1.50. The first kappa shape index (κ1) is 15.5. The lowest BCUT2D eigenvalue weighted by atomic mass is 10.2. The highest BCUT2D eigenvalue weighted by Gasteiger charge is 2.01. The van der Waals surface area contributed by atoms with E-state index in [0.717, 1.165) is 17.7 Å². The molecule has 106 valence electrons. The minimum Gasteiger partial charge on any atom is -0.491 e. The van der Waals surface area contributed by atoms with Crippen molar-refractivity contribution in [2.24, 2.45) is 5.73 Å². The molecule has 0 atom stereocenters. The number of nitrogens with one attached hydrogen (secondary N) is 1. The lowest BCUT2D eigenvalue weighted by molar-refractivity contribution is -0.121. The Morgan fingerprint density at radius 3 is 2.63 bits per heavy atom. The molecule has 0 radical (unpaired) electrons. The quantitative estimate of drug-likeness (QED) is 0.656. The third-order valence-corrected chi connectivity index (χ3v) is 2.58. The molecule has 1 rings (SSSR count). The van der Waals surface area contributed by atoms with Crippen molar-refractivity contribution < 1.29 is 14.3 Å². The highest BCUT2D eigenvalue weighted by atomic mass is 16.5. The molecule has 0 aliphatic heterocycles. The number of hydrogen-bond acceptors (Lipinski definition) is 4. The van der Waals surface area contributed by atoms with Gasteiger partial charge in [-0.15, -0.1) is 0 Å². The summed E-state index contributed by atoms with van der Waals surface area (Å²) >= 11 is 0. The average molecular weight is 266 g/mol. The second-order valence-corrected chi connectivity index (χ2v) is 4.15. The van der Waals surface area contributed by atoms with Crippen LogP contribution in [0.15, 0.2) is 24.3 Å². The van der Waals surface area contributed by atoms with Crippen molar-refractivity contribution in [2.45, 2.75) is 19.4 Å². The number of carbonyl (C=O) groups is 1. The number of carbonyl (C=O) groups excluding carboxylic acids is 1. The lowest BCUT2D eigenvalue weighted by Crippen LogP contribution is -2.23. The molecule has 1 amide bonds. The van der Waals surface area contributed by atoms with Crippen molar-refractivity contribution in [3.05, 3.63) is 29.8 Å². The molecule has 0 saturated carbocycles. The van der Waals surface area contributed by atoms with E-state index in [9.17, 15) is 4.79 Å². The molecular formula is C14H22N2O3. The highest BCUT2D eigenvalue weighted by Crippen LogP contribution is 2.11. The summed E-state index contributed by atoms with van der Waals surface area (Å²) in [6, 6.07) is 7.64. The van der Waals surface area contributed by atoms with E-state index in [1.54, 1.807) is 7.11 Å². The summed E-state index contributed by atoms with van der Waals surface area (Å²) in [5.41, 5.74) is 6.39. The Hall–Kier alpha value is -1.59. The normalized spacial score (nSPS) is 10.2. The van der Waals surface area contributed by atoms with Crippen LogP contribution in [0.3, 0.4) is 0 Å². The van der Waals surface area contributed by atoms with E-state index in [2.05, 4.69) is 5.32 Å². The topological polar surface area (TPSA) is 73.6 Å². The Morgan fingerprint density at radius 1 is 1.26 bits per heavy atom. The zero-order valence-electron chi connectivity index (χ0n) is 11.4. The maximum absolute atomic E-state index is 11.4. The number of ether oxygens (including phenoxy) is 2. The molecule has 0 unspecified atom stereocenters.